The molecule has 1 N–H and O–H groups in total. The fourth-order valence-corrected chi connectivity index (χ4v) is 4.28. The minimum absolute atomic E-state index is 0.0833. The van der Waals surface area contributed by atoms with Crippen molar-refractivity contribution in [2.75, 3.05) is 5.75 Å². The molecule has 4 rings (SSSR count). The zero-order chi connectivity index (χ0) is 19.9. The number of amides is 1. The number of nitrogens with zero attached hydrogens (tertiary/aromatic N) is 2. The summed E-state index contributed by atoms with van der Waals surface area (Å²) in [7, 11) is 0. The van der Waals surface area contributed by atoms with Crippen molar-refractivity contribution in [3.05, 3.63) is 100 Å². The third-order valence-electron chi connectivity index (χ3n) is 4.24. The number of aromatic nitrogens is 2. The Labute approximate surface area is 177 Å². The van der Waals surface area contributed by atoms with Gasteiger partial charge in [0.2, 0.25) is 11.8 Å². The smallest absolute Gasteiger partial charge is 0.277 e. The summed E-state index contributed by atoms with van der Waals surface area (Å²) in [5, 5.41) is 13.6. The van der Waals surface area contributed by atoms with E-state index in [1.807, 2.05) is 78.2 Å². The first-order valence-electron chi connectivity index (χ1n) is 9.15. The van der Waals surface area contributed by atoms with Gasteiger partial charge in [0.1, 0.15) is 0 Å². The maximum absolute atomic E-state index is 12.6. The molecule has 2 aromatic heterocycles. The lowest BCUT2D eigenvalue weighted by Crippen LogP contribution is -2.30. The Hall–Kier alpha value is -2.90. The van der Waals surface area contributed by atoms with E-state index in [9.17, 15) is 4.79 Å². The standard InChI is InChI=1S/C22H19N3O2S2/c26-19(23-21(18-12-7-13-28-18)17-10-5-2-6-11-17)15-29-22-25-24-20(27-22)14-16-8-3-1-4-9-16/h1-13,21H,14-15H2,(H,23,26)/t21-/m0/s1. The highest BCUT2D eigenvalue weighted by Crippen LogP contribution is 2.26. The fraction of sp³-hybridized carbons (Fsp3) is 0.136. The molecule has 2 aromatic carbocycles. The predicted octanol–water partition coefficient (Wildman–Crippen LogP) is 4.72. The first-order valence-corrected chi connectivity index (χ1v) is 11.0. The van der Waals surface area contributed by atoms with Crippen LogP contribution in [0.3, 0.4) is 0 Å². The van der Waals surface area contributed by atoms with Crippen molar-refractivity contribution in [1.29, 1.82) is 0 Å². The fourth-order valence-electron chi connectivity index (χ4n) is 2.89. The Kier molecular flexibility index (Phi) is 6.38. The van der Waals surface area contributed by atoms with Crippen LogP contribution in [0.1, 0.15) is 27.9 Å². The monoisotopic (exact) mass is 421 g/mol. The van der Waals surface area contributed by atoms with Gasteiger partial charge < -0.3 is 9.73 Å². The number of thiophene rings is 1. The zero-order valence-corrected chi connectivity index (χ0v) is 17.2. The third kappa shape index (κ3) is 5.34. The quantitative estimate of drug-likeness (QED) is 0.417. The van der Waals surface area contributed by atoms with Gasteiger partial charge in [0.25, 0.3) is 5.22 Å². The molecule has 0 radical (unpaired) electrons. The summed E-state index contributed by atoms with van der Waals surface area (Å²) >= 11 is 2.87. The molecule has 146 valence electrons. The van der Waals surface area contributed by atoms with Crippen molar-refractivity contribution < 1.29 is 9.21 Å². The number of hydrogen-bond acceptors (Lipinski definition) is 6. The summed E-state index contributed by atoms with van der Waals surface area (Å²) in [6.07, 6.45) is 0.578. The van der Waals surface area contributed by atoms with Crippen LogP contribution in [-0.2, 0) is 11.2 Å². The lowest BCUT2D eigenvalue weighted by Gasteiger charge is -2.17. The van der Waals surface area contributed by atoms with E-state index < -0.39 is 0 Å². The van der Waals surface area contributed by atoms with Crippen molar-refractivity contribution in [2.24, 2.45) is 0 Å². The molecule has 1 atom stereocenters. The van der Waals surface area contributed by atoms with E-state index in [1.165, 1.54) is 11.8 Å². The average molecular weight is 422 g/mol. The molecule has 1 amide bonds. The van der Waals surface area contributed by atoms with Crippen molar-refractivity contribution in [3.8, 4) is 0 Å². The molecule has 0 aliphatic heterocycles. The Morgan fingerprint density at radius 1 is 1.00 bits per heavy atom. The van der Waals surface area contributed by atoms with E-state index in [0.29, 0.717) is 17.5 Å². The highest BCUT2D eigenvalue weighted by Gasteiger charge is 2.18. The van der Waals surface area contributed by atoms with Crippen molar-refractivity contribution in [2.45, 2.75) is 17.7 Å². The van der Waals surface area contributed by atoms with Gasteiger partial charge in [-0.25, -0.2) is 0 Å². The van der Waals surface area contributed by atoms with Crippen molar-refractivity contribution >= 4 is 29.0 Å². The van der Waals surface area contributed by atoms with Gasteiger partial charge in [0, 0.05) is 4.88 Å². The van der Waals surface area contributed by atoms with Gasteiger partial charge in [-0.2, -0.15) is 0 Å². The van der Waals surface area contributed by atoms with Gasteiger partial charge in [-0.1, -0.05) is 78.5 Å². The highest BCUT2D eigenvalue weighted by atomic mass is 32.2. The van der Waals surface area contributed by atoms with Crippen LogP contribution in [-0.4, -0.2) is 21.9 Å². The number of carbonyl (C=O) groups is 1. The maximum Gasteiger partial charge on any atom is 0.277 e. The van der Waals surface area contributed by atoms with Crippen LogP contribution in [0.2, 0.25) is 0 Å². The molecule has 0 spiro atoms. The van der Waals surface area contributed by atoms with Crippen molar-refractivity contribution in [3.63, 3.8) is 0 Å². The normalized spacial score (nSPS) is 11.9. The van der Waals surface area contributed by atoms with Gasteiger partial charge in [-0.15, -0.1) is 21.5 Å². The Morgan fingerprint density at radius 3 is 2.48 bits per heavy atom. The second kappa shape index (κ2) is 9.54. The zero-order valence-electron chi connectivity index (χ0n) is 15.5. The van der Waals surface area contributed by atoms with Crippen LogP contribution in [0.5, 0.6) is 0 Å². The van der Waals surface area contributed by atoms with Crippen LogP contribution in [0.25, 0.3) is 0 Å². The second-order valence-corrected chi connectivity index (χ2v) is 8.25. The first kappa shape index (κ1) is 19.4. The van der Waals surface area contributed by atoms with Gasteiger partial charge in [-0.05, 0) is 22.6 Å². The number of thioether (sulfide) groups is 1. The molecule has 5 nitrogen and oxygen atoms in total. The molecule has 0 bridgehead atoms. The molecule has 4 aromatic rings. The number of hydrogen-bond donors (Lipinski definition) is 1. The lowest BCUT2D eigenvalue weighted by atomic mass is 10.1. The molecular formula is C22H19N3O2S2. The van der Waals surface area contributed by atoms with Crippen LogP contribution < -0.4 is 5.32 Å². The topological polar surface area (TPSA) is 68.0 Å². The summed E-state index contributed by atoms with van der Waals surface area (Å²) in [6, 6.07) is 23.8. The molecule has 0 saturated heterocycles. The van der Waals surface area contributed by atoms with Gasteiger partial charge in [0.15, 0.2) is 0 Å². The SMILES string of the molecule is O=C(CSc1nnc(Cc2ccccc2)o1)N[C@@H](c1ccccc1)c1cccs1. The van der Waals surface area contributed by atoms with E-state index in [4.69, 9.17) is 4.42 Å². The first-order chi connectivity index (χ1) is 14.3. The Bertz CT molecular complexity index is 1030. The van der Waals surface area contributed by atoms with Gasteiger partial charge in [-0.3, -0.25) is 4.79 Å². The Morgan fingerprint density at radius 2 is 1.76 bits per heavy atom. The second-order valence-electron chi connectivity index (χ2n) is 6.34. The molecule has 0 saturated carbocycles. The number of nitrogens with one attached hydrogen (secondary N) is 1. The van der Waals surface area contributed by atoms with E-state index in [0.717, 1.165) is 16.0 Å². The molecule has 2 heterocycles. The largest absolute Gasteiger partial charge is 0.416 e. The molecule has 0 unspecified atom stereocenters. The molecule has 0 fully saturated rings. The van der Waals surface area contributed by atoms with Crippen LogP contribution in [0.4, 0.5) is 0 Å². The molecule has 29 heavy (non-hydrogen) atoms. The summed E-state index contributed by atoms with van der Waals surface area (Å²) in [4.78, 5) is 13.7. The molecular weight excluding hydrogens is 402 g/mol. The number of benzene rings is 2. The average Bonchev–Trinajstić information content (AvgIpc) is 3.44. The number of carbonyl (C=O) groups excluding carboxylic acids is 1. The highest BCUT2D eigenvalue weighted by molar-refractivity contribution is 7.99. The number of rotatable bonds is 8. The Balaban J connectivity index is 1.35. The summed E-state index contributed by atoms with van der Waals surface area (Å²) in [5.41, 5.74) is 2.16. The summed E-state index contributed by atoms with van der Waals surface area (Å²) < 4.78 is 5.66. The van der Waals surface area contributed by atoms with Crippen LogP contribution >= 0.6 is 23.1 Å². The van der Waals surface area contributed by atoms with Crippen molar-refractivity contribution in [1.82, 2.24) is 15.5 Å². The third-order valence-corrected chi connectivity index (χ3v) is 5.99. The van der Waals surface area contributed by atoms with Crippen LogP contribution in [0, 0.1) is 0 Å². The molecule has 0 aliphatic carbocycles. The maximum atomic E-state index is 12.6. The van der Waals surface area contributed by atoms with Crippen LogP contribution in [0.15, 0.2) is 87.8 Å². The van der Waals surface area contributed by atoms with Gasteiger partial charge in [0.05, 0.1) is 18.2 Å². The summed E-state index contributed by atoms with van der Waals surface area (Å²) in [6.45, 7) is 0. The van der Waals surface area contributed by atoms with Gasteiger partial charge >= 0.3 is 0 Å². The predicted molar refractivity (Wildman–Crippen MR) is 115 cm³/mol. The molecule has 0 aliphatic rings. The van der Waals surface area contributed by atoms with E-state index >= 15 is 0 Å². The molecule has 7 heteroatoms. The minimum atomic E-state index is -0.166. The van der Waals surface area contributed by atoms with E-state index in [1.54, 1.807) is 11.3 Å². The minimum Gasteiger partial charge on any atom is -0.416 e. The lowest BCUT2D eigenvalue weighted by molar-refractivity contribution is -0.119. The summed E-state index contributed by atoms with van der Waals surface area (Å²) in [5.74, 6) is 0.668. The van der Waals surface area contributed by atoms with E-state index in [-0.39, 0.29) is 17.7 Å². The van der Waals surface area contributed by atoms with E-state index in [2.05, 4.69) is 15.5 Å².